The van der Waals surface area contributed by atoms with Gasteiger partial charge in [0.25, 0.3) is 0 Å². The van der Waals surface area contributed by atoms with Crippen molar-refractivity contribution in [3.05, 3.63) is 66.1 Å². The largest absolute Gasteiger partial charge is 0.439 e. The van der Waals surface area contributed by atoms with Gasteiger partial charge in [0.1, 0.15) is 11.6 Å². The first-order valence-corrected chi connectivity index (χ1v) is 6.59. The Balaban J connectivity index is 1.60. The smallest absolute Gasteiger partial charge is 0.214 e. The SMILES string of the molecule is CC(NOCc1ccccc1)c1nc2ccccc2o1. The van der Waals surface area contributed by atoms with E-state index in [1.54, 1.807) is 0 Å². The predicted octanol–water partition coefficient (Wildman–Crippen LogP) is 3.61. The van der Waals surface area contributed by atoms with Gasteiger partial charge in [-0.1, -0.05) is 42.5 Å². The summed E-state index contributed by atoms with van der Waals surface area (Å²) in [5.41, 5.74) is 5.72. The predicted molar refractivity (Wildman–Crippen MR) is 76.8 cm³/mol. The summed E-state index contributed by atoms with van der Waals surface area (Å²) < 4.78 is 5.68. The van der Waals surface area contributed by atoms with Gasteiger partial charge in [-0.2, -0.15) is 5.48 Å². The third-order valence-corrected chi connectivity index (χ3v) is 3.02. The quantitative estimate of drug-likeness (QED) is 0.718. The maximum Gasteiger partial charge on any atom is 0.214 e. The fraction of sp³-hybridized carbons (Fsp3) is 0.188. The van der Waals surface area contributed by atoms with Crippen molar-refractivity contribution in [3.8, 4) is 0 Å². The van der Waals surface area contributed by atoms with Crippen LogP contribution in [0.1, 0.15) is 24.4 Å². The van der Waals surface area contributed by atoms with Crippen LogP contribution in [-0.4, -0.2) is 4.98 Å². The fourth-order valence-electron chi connectivity index (χ4n) is 1.95. The van der Waals surface area contributed by atoms with Crippen LogP contribution in [0, 0.1) is 0 Å². The first-order valence-electron chi connectivity index (χ1n) is 6.59. The maximum absolute atomic E-state index is 5.68. The maximum atomic E-state index is 5.68. The molecule has 3 rings (SSSR count). The Bertz CT molecular complexity index is 646. The van der Waals surface area contributed by atoms with E-state index in [2.05, 4.69) is 10.5 Å². The number of aromatic nitrogens is 1. The molecule has 3 aromatic rings. The van der Waals surface area contributed by atoms with Gasteiger partial charge < -0.3 is 4.42 Å². The Hall–Kier alpha value is -2.17. The number of hydroxylamine groups is 1. The topological polar surface area (TPSA) is 47.3 Å². The number of nitrogens with one attached hydrogen (secondary N) is 1. The Morgan fingerprint density at radius 3 is 2.65 bits per heavy atom. The first kappa shape index (κ1) is 12.8. The Morgan fingerprint density at radius 2 is 1.85 bits per heavy atom. The highest BCUT2D eigenvalue weighted by Crippen LogP contribution is 2.19. The summed E-state index contributed by atoms with van der Waals surface area (Å²) in [6, 6.07) is 17.6. The van der Waals surface area contributed by atoms with Crippen molar-refractivity contribution in [1.29, 1.82) is 0 Å². The molecule has 102 valence electrons. The van der Waals surface area contributed by atoms with E-state index in [0.29, 0.717) is 12.5 Å². The van der Waals surface area contributed by atoms with Crippen LogP contribution in [0.2, 0.25) is 0 Å². The van der Waals surface area contributed by atoms with Crippen LogP contribution in [0.4, 0.5) is 0 Å². The number of hydrogen-bond acceptors (Lipinski definition) is 4. The average Bonchev–Trinajstić information content (AvgIpc) is 2.92. The molecule has 2 aromatic carbocycles. The van der Waals surface area contributed by atoms with Crippen LogP contribution >= 0.6 is 0 Å². The summed E-state index contributed by atoms with van der Waals surface area (Å²) in [5.74, 6) is 0.624. The van der Waals surface area contributed by atoms with Crippen LogP contribution in [0.25, 0.3) is 11.1 Å². The van der Waals surface area contributed by atoms with E-state index in [1.807, 2.05) is 61.5 Å². The fourth-order valence-corrected chi connectivity index (χ4v) is 1.95. The molecule has 1 aromatic heterocycles. The third-order valence-electron chi connectivity index (χ3n) is 3.02. The van der Waals surface area contributed by atoms with Gasteiger partial charge >= 0.3 is 0 Å². The number of nitrogens with zero attached hydrogens (tertiary/aromatic N) is 1. The van der Waals surface area contributed by atoms with Gasteiger partial charge in [-0.3, -0.25) is 4.84 Å². The average molecular weight is 268 g/mol. The Morgan fingerprint density at radius 1 is 1.10 bits per heavy atom. The van der Waals surface area contributed by atoms with Crippen LogP contribution in [-0.2, 0) is 11.4 Å². The Kier molecular flexibility index (Phi) is 3.76. The summed E-state index contributed by atoms with van der Waals surface area (Å²) in [6.45, 7) is 2.46. The highest BCUT2D eigenvalue weighted by molar-refractivity contribution is 5.72. The van der Waals surface area contributed by atoms with E-state index in [1.165, 1.54) is 0 Å². The third kappa shape index (κ3) is 2.87. The minimum absolute atomic E-state index is 0.105. The molecular weight excluding hydrogens is 252 g/mol. The molecule has 1 heterocycles. The number of benzene rings is 2. The van der Waals surface area contributed by atoms with Crippen LogP contribution < -0.4 is 5.48 Å². The van der Waals surface area contributed by atoms with E-state index in [9.17, 15) is 0 Å². The van der Waals surface area contributed by atoms with Crippen molar-refractivity contribution in [1.82, 2.24) is 10.5 Å². The number of oxazole rings is 1. The Labute approximate surface area is 117 Å². The lowest BCUT2D eigenvalue weighted by molar-refractivity contribution is 0.00177. The van der Waals surface area contributed by atoms with Gasteiger partial charge in [0.2, 0.25) is 5.89 Å². The lowest BCUT2D eigenvalue weighted by Gasteiger charge is -2.10. The molecule has 0 aliphatic heterocycles. The standard InChI is InChI=1S/C16H16N2O2/c1-12(18-19-11-13-7-3-2-4-8-13)16-17-14-9-5-6-10-15(14)20-16/h2-10,12,18H,11H2,1H3. The van der Waals surface area contributed by atoms with E-state index < -0.39 is 0 Å². The summed E-state index contributed by atoms with van der Waals surface area (Å²) >= 11 is 0. The summed E-state index contributed by atoms with van der Waals surface area (Å²) in [4.78, 5) is 9.91. The van der Waals surface area contributed by atoms with E-state index in [4.69, 9.17) is 9.25 Å². The van der Waals surface area contributed by atoms with Crippen LogP contribution in [0.5, 0.6) is 0 Å². The molecule has 20 heavy (non-hydrogen) atoms. The zero-order valence-electron chi connectivity index (χ0n) is 11.2. The van der Waals surface area contributed by atoms with Gasteiger partial charge in [0, 0.05) is 0 Å². The molecule has 0 spiro atoms. The molecule has 1 N–H and O–H groups in total. The van der Waals surface area contributed by atoms with E-state index in [-0.39, 0.29) is 6.04 Å². The number of para-hydroxylation sites is 2. The monoisotopic (exact) mass is 268 g/mol. The molecule has 0 aliphatic carbocycles. The highest BCUT2D eigenvalue weighted by atomic mass is 16.6. The lowest BCUT2D eigenvalue weighted by atomic mass is 10.2. The molecule has 0 fully saturated rings. The van der Waals surface area contributed by atoms with Crippen molar-refractivity contribution < 1.29 is 9.25 Å². The number of fused-ring (bicyclic) bond motifs is 1. The first-order chi connectivity index (χ1) is 9.83. The molecular formula is C16H16N2O2. The summed E-state index contributed by atoms with van der Waals surface area (Å²) in [7, 11) is 0. The number of hydrogen-bond donors (Lipinski definition) is 1. The van der Waals surface area contributed by atoms with Gasteiger partial charge in [-0.15, -0.1) is 0 Å². The molecule has 0 bridgehead atoms. The zero-order valence-corrected chi connectivity index (χ0v) is 11.2. The molecule has 0 amide bonds. The van der Waals surface area contributed by atoms with E-state index in [0.717, 1.165) is 16.7 Å². The van der Waals surface area contributed by atoms with E-state index >= 15 is 0 Å². The lowest BCUT2D eigenvalue weighted by Crippen LogP contribution is -2.19. The molecule has 0 saturated carbocycles. The van der Waals surface area contributed by atoms with Gasteiger partial charge in [-0.25, -0.2) is 4.98 Å². The second kappa shape index (κ2) is 5.86. The van der Waals surface area contributed by atoms with Crippen molar-refractivity contribution >= 4 is 11.1 Å². The summed E-state index contributed by atoms with van der Waals surface area (Å²) in [6.07, 6.45) is 0. The van der Waals surface area contributed by atoms with Crippen molar-refractivity contribution in [2.75, 3.05) is 0 Å². The molecule has 4 nitrogen and oxygen atoms in total. The highest BCUT2D eigenvalue weighted by Gasteiger charge is 2.12. The minimum Gasteiger partial charge on any atom is -0.439 e. The molecule has 0 aliphatic rings. The second-order valence-corrected chi connectivity index (χ2v) is 4.63. The van der Waals surface area contributed by atoms with Crippen molar-refractivity contribution in [3.63, 3.8) is 0 Å². The molecule has 1 unspecified atom stereocenters. The molecule has 0 saturated heterocycles. The van der Waals surface area contributed by atoms with Crippen molar-refractivity contribution in [2.24, 2.45) is 0 Å². The summed E-state index contributed by atoms with van der Waals surface area (Å²) in [5, 5.41) is 0. The van der Waals surface area contributed by atoms with Crippen LogP contribution in [0.15, 0.2) is 59.0 Å². The van der Waals surface area contributed by atoms with Gasteiger partial charge in [-0.05, 0) is 24.6 Å². The minimum atomic E-state index is -0.105. The van der Waals surface area contributed by atoms with Gasteiger partial charge in [0.05, 0.1) is 6.61 Å². The molecule has 0 radical (unpaired) electrons. The normalized spacial score (nSPS) is 12.7. The van der Waals surface area contributed by atoms with Gasteiger partial charge in [0.15, 0.2) is 5.58 Å². The zero-order chi connectivity index (χ0) is 13.8. The molecule has 1 atom stereocenters. The van der Waals surface area contributed by atoms with Crippen molar-refractivity contribution in [2.45, 2.75) is 19.6 Å². The number of rotatable bonds is 5. The molecule has 4 heteroatoms. The second-order valence-electron chi connectivity index (χ2n) is 4.63. The van der Waals surface area contributed by atoms with Crippen LogP contribution in [0.3, 0.4) is 0 Å².